The maximum atomic E-state index is 11.6. The molecule has 3 heteroatoms. The number of carbonyl (C=O) groups excluding carboxylic acids is 1. The lowest BCUT2D eigenvalue weighted by Gasteiger charge is -2.02. The van der Waals surface area contributed by atoms with Crippen LogP contribution in [-0.4, -0.2) is 13.0 Å². The van der Waals surface area contributed by atoms with Crippen LogP contribution >= 0.6 is 11.3 Å². The van der Waals surface area contributed by atoms with Crippen LogP contribution in [0.5, 0.6) is 0 Å². The Morgan fingerprint density at radius 1 is 1.36 bits per heavy atom. The Kier molecular flexibility index (Phi) is 2.87. The quantitative estimate of drug-likeness (QED) is 0.707. The number of fused-ring (bicyclic) bond motifs is 1. The molecule has 2 nitrogen and oxygen atoms in total. The van der Waals surface area contributed by atoms with Crippen LogP contribution in [0.15, 0.2) is 5.38 Å². The summed E-state index contributed by atoms with van der Waals surface area (Å²) in [7, 11) is 1.70. The predicted molar refractivity (Wildman–Crippen MR) is 59.0 cm³/mol. The summed E-state index contributed by atoms with van der Waals surface area (Å²) in [5.74, 6) is 0.0735. The van der Waals surface area contributed by atoms with Gasteiger partial charge in [-0.05, 0) is 31.2 Å². The van der Waals surface area contributed by atoms with Crippen molar-refractivity contribution >= 4 is 17.2 Å². The molecule has 0 atom stereocenters. The molecule has 0 aliphatic heterocycles. The van der Waals surface area contributed by atoms with Gasteiger partial charge in [-0.25, -0.2) is 0 Å². The molecule has 1 aromatic rings. The second-order valence-electron chi connectivity index (χ2n) is 3.69. The first-order valence-electron chi connectivity index (χ1n) is 5.14. The van der Waals surface area contributed by atoms with Crippen molar-refractivity contribution in [2.75, 3.05) is 7.05 Å². The summed E-state index contributed by atoms with van der Waals surface area (Å²) in [4.78, 5) is 13.0. The highest BCUT2D eigenvalue weighted by molar-refractivity contribution is 7.10. The summed E-state index contributed by atoms with van der Waals surface area (Å²) >= 11 is 1.75. The van der Waals surface area contributed by atoms with E-state index in [1.54, 1.807) is 18.4 Å². The van der Waals surface area contributed by atoms with Crippen LogP contribution in [-0.2, 0) is 12.8 Å². The van der Waals surface area contributed by atoms with Crippen molar-refractivity contribution in [1.29, 1.82) is 0 Å². The molecule has 1 amide bonds. The van der Waals surface area contributed by atoms with Gasteiger partial charge in [-0.1, -0.05) is 6.42 Å². The van der Waals surface area contributed by atoms with Gasteiger partial charge in [-0.3, -0.25) is 4.79 Å². The van der Waals surface area contributed by atoms with Crippen LogP contribution in [0, 0.1) is 0 Å². The predicted octanol–water partition coefficient (Wildman–Crippen LogP) is 2.38. The molecule has 0 radical (unpaired) electrons. The van der Waals surface area contributed by atoms with Gasteiger partial charge in [0, 0.05) is 17.3 Å². The molecule has 1 heterocycles. The van der Waals surface area contributed by atoms with E-state index in [1.807, 2.05) is 5.38 Å². The summed E-state index contributed by atoms with van der Waals surface area (Å²) in [6.45, 7) is 0. The maximum absolute atomic E-state index is 11.6. The molecule has 0 unspecified atom stereocenters. The van der Waals surface area contributed by atoms with Crippen molar-refractivity contribution in [3.05, 3.63) is 21.4 Å². The Balaban J connectivity index is 2.34. The molecule has 1 N–H and O–H groups in total. The van der Waals surface area contributed by atoms with E-state index in [1.165, 1.54) is 29.7 Å². The van der Waals surface area contributed by atoms with E-state index in [0.29, 0.717) is 0 Å². The molecule has 1 aliphatic carbocycles. The summed E-state index contributed by atoms with van der Waals surface area (Å²) in [5, 5.41) is 4.71. The molecule has 0 bridgehead atoms. The van der Waals surface area contributed by atoms with E-state index in [9.17, 15) is 4.79 Å². The van der Waals surface area contributed by atoms with Gasteiger partial charge in [0.25, 0.3) is 5.91 Å². The second kappa shape index (κ2) is 4.13. The van der Waals surface area contributed by atoms with Crippen molar-refractivity contribution in [3.8, 4) is 0 Å². The lowest BCUT2D eigenvalue weighted by Crippen LogP contribution is -2.18. The van der Waals surface area contributed by atoms with Crippen LogP contribution in [0.25, 0.3) is 0 Å². The second-order valence-corrected chi connectivity index (χ2v) is 4.66. The minimum atomic E-state index is 0.0735. The zero-order valence-electron chi connectivity index (χ0n) is 8.43. The van der Waals surface area contributed by atoms with Crippen molar-refractivity contribution in [3.63, 3.8) is 0 Å². The fourth-order valence-corrected chi connectivity index (χ4v) is 3.12. The topological polar surface area (TPSA) is 29.1 Å². The van der Waals surface area contributed by atoms with Gasteiger partial charge in [-0.2, -0.15) is 0 Å². The zero-order chi connectivity index (χ0) is 9.97. The molecule has 0 spiro atoms. The third kappa shape index (κ3) is 1.69. The Morgan fingerprint density at radius 2 is 2.14 bits per heavy atom. The first-order valence-corrected chi connectivity index (χ1v) is 6.02. The number of aryl methyl sites for hydroxylation is 1. The summed E-state index contributed by atoms with van der Waals surface area (Å²) in [6, 6.07) is 0. The average molecular weight is 209 g/mol. The molecule has 76 valence electrons. The van der Waals surface area contributed by atoms with Gasteiger partial charge in [0.15, 0.2) is 0 Å². The standard InChI is InChI=1S/C11H15NOS/c1-12-11(13)9-7-14-10-6-4-2-3-5-8(9)10/h7H,2-6H2,1H3,(H,12,13). The highest BCUT2D eigenvalue weighted by atomic mass is 32.1. The largest absolute Gasteiger partial charge is 0.355 e. The van der Waals surface area contributed by atoms with Crippen molar-refractivity contribution in [1.82, 2.24) is 5.32 Å². The Labute approximate surface area is 88.3 Å². The smallest absolute Gasteiger partial charge is 0.252 e. The third-order valence-electron chi connectivity index (χ3n) is 2.78. The summed E-state index contributed by atoms with van der Waals surface area (Å²) < 4.78 is 0. The van der Waals surface area contributed by atoms with E-state index in [2.05, 4.69) is 5.32 Å². The van der Waals surface area contributed by atoms with Gasteiger partial charge in [-0.15, -0.1) is 11.3 Å². The summed E-state index contributed by atoms with van der Waals surface area (Å²) in [5.41, 5.74) is 2.22. The van der Waals surface area contributed by atoms with Crippen molar-refractivity contribution < 1.29 is 4.79 Å². The minimum Gasteiger partial charge on any atom is -0.355 e. The van der Waals surface area contributed by atoms with Crippen LogP contribution in [0.1, 0.15) is 40.1 Å². The highest BCUT2D eigenvalue weighted by Gasteiger charge is 2.17. The first-order chi connectivity index (χ1) is 6.83. The normalized spacial score (nSPS) is 15.8. The monoisotopic (exact) mass is 209 g/mol. The van der Waals surface area contributed by atoms with Crippen LogP contribution in [0.2, 0.25) is 0 Å². The van der Waals surface area contributed by atoms with E-state index >= 15 is 0 Å². The molecule has 0 fully saturated rings. The van der Waals surface area contributed by atoms with Crippen molar-refractivity contribution in [2.24, 2.45) is 0 Å². The number of amides is 1. The fraction of sp³-hybridized carbons (Fsp3) is 0.545. The molecule has 2 rings (SSSR count). The third-order valence-corrected chi connectivity index (χ3v) is 3.87. The number of thiophene rings is 1. The van der Waals surface area contributed by atoms with Crippen molar-refractivity contribution in [2.45, 2.75) is 32.1 Å². The number of hydrogen-bond donors (Lipinski definition) is 1. The lowest BCUT2D eigenvalue weighted by molar-refractivity contribution is 0.0962. The molecule has 0 saturated carbocycles. The van der Waals surface area contributed by atoms with Gasteiger partial charge in [0.05, 0.1) is 5.56 Å². The zero-order valence-corrected chi connectivity index (χ0v) is 9.25. The SMILES string of the molecule is CNC(=O)c1csc2c1CCCCC2. The molecule has 1 aromatic heterocycles. The van der Waals surface area contributed by atoms with Gasteiger partial charge < -0.3 is 5.32 Å². The van der Waals surface area contributed by atoms with Gasteiger partial charge >= 0.3 is 0 Å². The number of rotatable bonds is 1. The lowest BCUT2D eigenvalue weighted by atomic mass is 10.1. The summed E-state index contributed by atoms with van der Waals surface area (Å²) in [6.07, 6.45) is 6.06. The Morgan fingerprint density at radius 3 is 2.93 bits per heavy atom. The first kappa shape index (κ1) is 9.71. The minimum absolute atomic E-state index is 0.0735. The molecule has 0 saturated heterocycles. The van der Waals surface area contributed by atoms with E-state index < -0.39 is 0 Å². The fourth-order valence-electron chi connectivity index (χ4n) is 2.00. The maximum Gasteiger partial charge on any atom is 0.252 e. The number of nitrogens with one attached hydrogen (secondary N) is 1. The highest BCUT2D eigenvalue weighted by Crippen LogP contribution is 2.29. The molecule has 1 aliphatic rings. The van der Waals surface area contributed by atoms with Gasteiger partial charge in [0.2, 0.25) is 0 Å². The van der Waals surface area contributed by atoms with Crippen LogP contribution < -0.4 is 5.32 Å². The molecular formula is C11H15NOS. The van der Waals surface area contributed by atoms with Crippen LogP contribution in [0.4, 0.5) is 0 Å². The van der Waals surface area contributed by atoms with E-state index in [4.69, 9.17) is 0 Å². The van der Waals surface area contributed by atoms with E-state index in [0.717, 1.165) is 18.4 Å². The number of hydrogen-bond acceptors (Lipinski definition) is 2. The Hall–Kier alpha value is -0.830. The average Bonchev–Trinajstić information content (AvgIpc) is 2.46. The van der Waals surface area contributed by atoms with E-state index in [-0.39, 0.29) is 5.91 Å². The molecule has 0 aromatic carbocycles. The van der Waals surface area contributed by atoms with Crippen LogP contribution in [0.3, 0.4) is 0 Å². The molecular weight excluding hydrogens is 194 g/mol. The number of carbonyl (C=O) groups is 1. The molecule has 14 heavy (non-hydrogen) atoms. The Bertz CT molecular complexity index is 343. The van der Waals surface area contributed by atoms with Gasteiger partial charge in [0.1, 0.15) is 0 Å².